The zero-order chi connectivity index (χ0) is 10.8. The molecule has 1 heterocycles. The van der Waals surface area contributed by atoms with Crippen molar-refractivity contribution in [2.75, 3.05) is 24.6 Å². The number of nitrogens with two attached hydrogens (primary N) is 2. The van der Waals surface area contributed by atoms with E-state index in [4.69, 9.17) is 16.3 Å². The first kappa shape index (κ1) is 9.79. The number of carbonyl (C=O) groups is 1. The topological polar surface area (TPSA) is 81.6 Å². The third kappa shape index (κ3) is 1.87. The van der Waals surface area contributed by atoms with Crippen molar-refractivity contribution in [1.29, 1.82) is 0 Å². The average Bonchev–Trinajstić information content (AvgIpc) is 2.69. The fourth-order valence-corrected chi connectivity index (χ4v) is 1.52. The monoisotopic (exact) mass is 207 g/mol. The molecule has 2 rings (SSSR count). The Morgan fingerprint density at radius 3 is 2.80 bits per heavy atom. The summed E-state index contributed by atoms with van der Waals surface area (Å²) < 4.78 is 0. The quantitative estimate of drug-likeness (QED) is 0.662. The van der Waals surface area contributed by atoms with Gasteiger partial charge in [0.15, 0.2) is 0 Å². The number of benzene rings is 1. The molecule has 1 aromatic carbocycles. The van der Waals surface area contributed by atoms with Gasteiger partial charge in [-0.25, -0.2) is 5.06 Å². The molecule has 0 saturated carbocycles. The Hall–Kier alpha value is -1.75. The van der Waals surface area contributed by atoms with Gasteiger partial charge >= 0.3 is 0 Å². The minimum absolute atomic E-state index is 0.204. The first-order chi connectivity index (χ1) is 7.18. The Morgan fingerprint density at radius 2 is 2.20 bits per heavy atom. The first-order valence-electron chi connectivity index (χ1n) is 4.78. The second kappa shape index (κ2) is 3.78. The van der Waals surface area contributed by atoms with Crippen LogP contribution in [0.5, 0.6) is 0 Å². The maximum absolute atomic E-state index is 11.9. The Morgan fingerprint density at radius 1 is 1.40 bits per heavy atom. The summed E-state index contributed by atoms with van der Waals surface area (Å²) in [7, 11) is 0. The molecule has 1 aliphatic rings. The van der Waals surface area contributed by atoms with Crippen molar-refractivity contribution in [3.05, 3.63) is 23.8 Å². The van der Waals surface area contributed by atoms with Crippen molar-refractivity contribution in [2.45, 2.75) is 6.42 Å². The van der Waals surface area contributed by atoms with Crippen LogP contribution in [0.4, 0.5) is 11.4 Å². The molecule has 5 nitrogen and oxygen atoms in total. The van der Waals surface area contributed by atoms with Crippen molar-refractivity contribution in [3.63, 3.8) is 0 Å². The number of amides is 1. The van der Waals surface area contributed by atoms with Crippen LogP contribution in [0.15, 0.2) is 18.2 Å². The first-order valence-corrected chi connectivity index (χ1v) is 4.78. The minimum atomic E-state index is -0.204. The molecule has 1 saturated heterocycles. The molecular formula is C10H13N3O2. The number of hydrogen-bond donors (Lipinski definition) is 2. The van der Waals surface area contributed by atoms with Crippen LogP contribution in [0.3, 0.4) is 0 Å². The lowest BCUT2D eigenvalue weighted by Crippen LogP contribution is -2.27. The van der Waals surface area contributed by atoms with E-state index >= 15 is 0 Å². The largest absolute Gasteiger partial charge is 0.399 e. The summed E-state index contributed by atoms with van der Waals surface area (Å²) in [5.74, 6) is -0.204. The second-order valence-electron chi connectivity index (χ2n) is 3.44. The molecule has 1 amide bonds. The summed E-state index contributed by atoms with van der Waals surface area (Å²) in [5, 5.41) is 1.34. The van der Waals surface area contributed by atoms with Crippen molar-refractivity contribution in [3.8, 4) is 0 Å². The van der Waals surface area contributed by atoms with Gasteiger partial charge in [-0.3, -0.25) is 9.63 Å². The van der Waals surface area contributed by atoms with Crippen LogP contribution in [-0.2, 0) is 4.84 Å². The van der Waals surface area contributed by atoms with Crippen molar-refractivity contribution in [2.24, 2.45) is 0 Å². The van der Waals surface area contributed by atoms with Gasteiger partial charge in [-0.2, -0.15) is 0 Å². The van der Waals surface area contributed by atoms with Crippen molar-refractivity contribution >= 4 is 17.3 Å². The normalized spacial score (nSPS) is 15.6. The van der Waals surface area contributed by atoms with E-state index in [1.807, 2.05) is 0 Å². The number of nitrogens with zero attached hydrogens (tertiary/aromatic N) is 1. The SMILES string of the molecule is Nc1ccc(C(=O)N2CCCO2)c(N)c1. The van der Waals surface area contributed by atoms with E-state index in [0.717, 1.165) is 6.42 Å². The van der Waals surface area contributed by atoms with E-state index in [0.29, 0.717) is 30.1 Å². The molecule has 4 N–H and O–H groups in total. The van der Waals surface area contributed by atoms with Crippen LogP contribution in [0.25, 0.3) is 0 Å². The number of rotatable bonds is 1. The van der Waals surface area contributed by atoms with E-state index < -0.39 is 0 Å². The van der Waals surface area contributed by atoms with Crippen molar-refractivity contribution in [1.82, 2.24) is 5.06 Å². The number of nitrogen functional groups attached to an aromatic ring is 2. The Balaban J connectivity index is 2.24. The van der Waals surface area contributed by atoms with Gasteiger partial charge in [-0.15, -0.1) is 0 Å². The van der Waals surface area contributed by atoms with E-state index in [1.165, 1.54) is 5.06 Å². The molecule has 1 fully saturated rings. The van der Waals surface area contributed by atoms with E-state index in [1.54, 1.807) is 18.2 Å². The molecule has 0 atom stereocenters. The lowest BCUT2D eigenvalue weighted by molar-refractivity contribution is -0.0767. The molecular weight excluding hydrogens is 194 g/mol. The molecule has 5 heteroatoms. The molecule has 0 aliphatic carbocycles. The van der Waals surface area contributed by atoms with Crippen LogP contribution in [-0.4, -0.2) is 24.1 Å². The third-order valence-corrected chi connectivity index (χ3v) is 2.29. The number of hydrogen-bond acceptors (Lipinski definition) is 4. The summed E-state index contributed by atoms with van der Waals surface area (Å²) >= 11 is 0. The summed E-state index contributed by atoms with van der Waals surface area (Å²) in [6.07, 6.45) is 0.862. The van der Waals surface area contributed by atoms with Gasteiger partial charge in [-0.1, -0.05) is 0 Å². The Labute approximate surface area is 87.6 Å². The van der Waals surface area contributed by atoms with Gasteiger partial charge in [-0.05, 0) is 24.6 Å². The molecule has 0 aromatic heterocycles. The van der Waals surface area contributed by atoms with Gasteiger partial charge in [0.1, 0.15) is 0 Å². The zero-order valence-corrected chi connectivity index (χ0v) is 8.27. The Bertz CT molecular complexity index is 386. The van der Waals surface area contributed by atoms with Crippen LogP contribution < -0.4 is 11.5 Å². The van der Waals surface area contributed by atoms with E-state index in [9.17, 15) is 4.79 Å². The van der Waals surface area contributed by atoms with Crippen LogP contribution in [0, 0.1) is 0 Å². The molecule has 0 unspecified atom stereocenters. The molecule has 0 bridgehead atoms. The molecule has 15 heavy (non-hydrogen) atoms. The van der Waals surface area contributed by atoms with Gasteiger partial charge in [0, 0.05) is 11.4 Å². The highest BCUT2D eigenvalue weighted by atomic mass is 16.7. The van der Waals surface area contributed by atoms with E-state index in [2.05, 4.69) is 0 Å². The van der Waals surface area contributed by atoms with Crippen LogP contribution in [0.1, 0.15) is 16.8 Å². The predicted octanol–water partition coefficient (Wildman–Crippen LogP) is 0.628. The summed E-state index contributed by atoms with van der Waals surface area (Å²) in [4.78, 5) is 17.0. The molecule has 0 radical (unpaired) electrons. The number of hydroxylamine groups is 2. The minimum Gasteiger partial charge on any atom is -0.399 e. The molecule has 1 aromatic rings. The summed E-state index contributed by atoms with van der Waals surface area (Å²) in [6, 6.07) is 4.84. The van der Waals surface area contributed by atoms with Gasteiger partial charge < -0.3 is 11.5 Å². The second-order valence-corrected chi connectivity index (χ2v) is 3.44. The van der Waals surface area contributed by atoms with Gasteiger partial charge in [0.05, 0.1) is 18.7 Å². The summed E-state index contributed by atoms with van der Waals surface area (Å²) in [5.41, 5.74) is 12.6. The van der Waals surface area contributed by atoms with Crippen molar-refractivity contribution < 1.29 is 9.63 Å². The summed E-state index contributed by atoms with van der Waals surface area (Å²) in [6.45, 7) is 1.20. The molecule has 1 aliphatic heterocycles. The highest BCUT2D eigenvalue weighted by Crippen LogP contribution is 2.19. The maximum Gasteiger partial charge on any atom is 0.279 e. The predicted molar refractivity (Wildman–Crippen MR) is 56.9 cm³/mol. The molecule has 0 spiro atoms. The van der Waals surface area contributed by atoms with Gasteiger partial charge in [0.25, 0.3) is 5.91 Å². The Kier molecular flexibility index (Phi) is 2.47. The lowest BCUT2D eigenvalue weighted by atomic mass is 10.1. The zero-order valence-electron chi connectivity index (χ0n) is 8.27. The highest BCUT2D eigenvalue weighted by molar-refractivity contribution is 5.99. The average molecular weight is 207 g/mol. The fourth-order valence-electron chi connectivity index (χ4n) is 1.52. The molecule has 80 valence electrons. The standard InChI is InChI=1S/C10H13N3O2/c11-7-2-3-8(9(12)6-7)10(14)13-4-1-5-15-13/h2-3,6H,1,4-5,11-12H2. The number of carbonyl (C=O) groups excluding carboxylic acids is 1. The van der Waals surface area contributed by atoms with Crippen LogP contribution in [0.2, 0.25) is 0 Å². The van der Waals surface area contributed by atoms with Crippen LogP contribution >= 0.6 is 0 Å². The fraction of sp³-hybridized carbons (Fsp3) is 0.300. The maximum atomic E-state index is 11.9. The number of anilines is 2. The van der Waals surface area contributed by atoms with E-state index in [-0.39, 0.29) is 5.91 Å². The highest BCUT2D eigenvalue weighted by Gasteiger charge is 2.22. The lowest BCUT2D eigenvalue weighted by Gasteiger charge is -2.15. The third-order valence-electron chi connectivity index (χ3n) is 2.29. The van der Waals surface area contributed by atoms with Gasteiger partial charge in [0.2, 0.25) is 0 Å². The smallest absolute Gasteiger partial charge is 0.279 e.